The molecule has 0 saturated carbocycles. The second-order valence-corrected chi connectivity index (χ2v) is 6.51. The van der Waals surface area contributed by atoms with Gasteiger partial charge in [-0.3, -0.25) is 0 Å². The molecule has 1 atom stereocenters. The zero-order valence-electron chi connectivity index (χ0n) is 10.1. The molecule has 0 spiro atoms. The first-order valence-corrected chi connectivity index (χ1v) is 7.54. The lowest BCUT2D eigenvalue weighted by atomic mass is 10.3. The molecule has 0 radical (unpaired) electrons. The molecule has 8 heteroatoms. The normalized spacial score (nSPS) is 21.5. The van der Waals surface area contributed by atoms with E-state index in [0.29, 0.717) is 0 Å². The van der Waals surface area contributed by atoms with Gasteiger partial charge in [0.25, 0.3) is 0 Å². The summed E-state index contributed by atoms with van der Waals surface area (Å²) in [6.07, 6.45) is -0.362. The molecule has 0 aliphatic carbocycles. The molecule has 19 heavy (non-hydrogen) atoms. The summed E-state index contributed by atoms with van der Waals surface area (Å²) in [6.45, 7) is 0.771. The van der Waals surface area contributed by atoms with E-state index in [-0.39, 0.29) is 42.3 Å². The van der Waals surface area contributed by atoms with Crippen LogP contribution in [0.2, 0.25) is 5.02 Å². The van der Waals surface area contributed by atoms with Crippen molar-refractivity contribution in [3.63, 3.8) is 0 Å². The minimum Gasteiger partial charge on any atom is -0.374 e. The van der Waals surface area contributed by atoms with Crippen LogP contribution in [0.15, 0.2) is 23.1 Å². The highest BCUT2D eigenvalue weighted by atomic mass is 35.5. The molecular formula is C11H14ClFN2O3S. The summed E-state index contributed by atoms with van der Waals surface area (Å²) in [7, 11) is -3.89. The molecule has 2 N–H and O–H groups in total. The van der Waals surface area contributed by atoms with Crippen LogP contribution in [0.3, 0.4) is 0 Å². The maximum Gasteiger partial charge on any atom is 0.246 e. The van der Waals surface area contributed by atoms with Gasteiger partial charge in [0.1, 0.15) is 10.7 Å². The fourth-order valence-corrected chi connectivity index (χ4v) is 3.54. The number of halogens is 2. The van der Waals surface area contributed by atoms with Gasteiger partial charge in [0, 0.05) is 24.7 Å². The zero-order chi connectivity index (χ0) is 14.0. The SMILES string of the molecule is NCC1CN(S(=O)(=O)c2ccc(Cl)cc2F)CCO1. The van der Waals surface area contributed by atoms with Crippen molar-refractivity contribution in [1.82, 2.24) is 4.31 Å². The topological polar surface area (TPSA) is 72.6 Å². The van der Waals surface area contributed by atoms with Crippen molar-refractivity contribution in [3.8, 4) is 0 Å². The summed E-state index contributed by atoms with van der Waals surface area (Å²) < 4.78 is 44.9. The van der Waals surface area contributed by atoms with Crippen molar-refractivity contribution in [2.45, 2.75) is 11.0 Å². The van der Waals surface area contributed by atoms with E-state index in [1.54, 1.807) is 0 Å². The summed E-state index contributed by atoms with van der Waals surface area (Å²) in [5, 5.41) is 0.151. The Kier molecular flexibility index (Phi) is 4.42. The van der Waals surface area contributed by atoms with Crippen molar-refractivity contribution in [1.29, 1.82) is 0 Å². The molecule has 0 aromatic heterocycles. The summed E-state index contributed by atoms with van der Waals surface area (Å²) >= 11 is 5.61. The molecule has 1 fully saturated rings. The van der Waals surface area contributed by atoms with E-state index in [0.717, 1.165) is 6.07 Å². The van der Waals surface area contributed by atoms with Crippen LogP contribution in [0.1, 0.15) is 0 Å². The van der Waals surface area contributed by atoms with Gasteiger partial charge in [0.15, 0.2) is 0 Å². The average molecular weight is 309 g/mol. The van der Waals surface area contributed by atoms with E-state index in [1.165, 1.54) is 16.4 Å². The first-order chi connectivity index (χ1) is 8.95. The number of ether oxygens (including phenoxy) is 1. The number of sulfonamides is 1. The number of benzene rings is 1. The van der Waals surface area contributed by atoms with Gasteiger partial charge in [0.05, 0.1) is 12.7 Å². The lowest BCUT2D eigenvalue weighted by Gasteiger charge is -2.31. The number of hydrogen-bond donors (Lipinski definition) is 1. The quantitative estimate of drug-likeness (QED) is 0.897. The Morgan fingerprint density at radius 1 is 1.53 bits per heavy atom. The molecule has 106 valence electrons. The Hall–Kier alpha value is -0.730. The maximum atomic E-state index is 13.7. The monoisotopic (exact) mass is 308 g/mol. The van der Waals surface area contributed by atoms with Gasteiger partial charge in [-0.25, -0.2) is 12.8 Å². The first kappa shape index (κ1) is 14.7. The second kappa shape index (κ2) is 5.72. The number of nitrogens with two attached hydrogens (primary N) is 1. The summed E-state index contributed by atoms with van der Waals surface area (Å²) in [5.74, 6) is -0.858. The van der Waals surface area contributed by atoms with Crippen LogP contribution in [0.4, 0.5) is 4.39 Å². The molecule has 1 aliphatic heterocycles. The van der Waals surface area contributed by atoms with Crippen LogP contribution in [0.25, 0.3) is 0 Å². The van der Waals surface area contributed by atoms with Crippen molar-refractivity contribution in [2.75, 3.05) is 26.2 Å². The van der Waals surface area contributed by atoms with Crippen molar-refractivity contribution in [3.05, 3.63) is 29.0 Å². The lowest BCUT2D eigenvalue weighted by Crippen LogP contribution is -2.48. The van der Waals surface area contributed by atoms with Gasteiger partial charge < -0.3 is 10.5 Å². The van der Waals surface area contributed by atoms with Gasteiger partial charge in [0.2, 0.25) is 10.0 Å². The number of hydrogen-bond acceptors (Lipinski definition) is 4. The summed E-state index contributed by atoms with van der Waals surface area (Å²) in [4.78, 5) is -0.380. The van der Waals surface area contributed by atoms with Crippen molar-refractivity contribution >= 4 is 21.6 Å². The summed E-state index contributed by atoms with van der Waals surface area (Å²) in [6, 6.07) is 3.49. The van der Waals surface area contributed by atoms with Crippen LogP contribution < -0.4 is 5.73 Å². The van der Waals surface area contributed by atoms with Gasteiger partial charge in [-0.15, -0.1) is 0 Å². The Balaban J connectivity index is 2.31. The van der Waals surface area contributed by atoms with E-state index in [9.17, 15) is 12.8 Å². The minimum absolute atomic E-state index is 0.126. The molecule has 5 nitrogen and oxygen atoms in total. The molecular weight excluding hydrogens is 295 g/mol. The van der Waals surface area contributed by atoms with E-state index < -0.39 is 15.8 Å². The highest BCUT2D eigenvalue weighted by Gasteiger charge is 2.32. The molecule has 0 amide bonds. The molecule has 1 aromatic carbocycles. The van der Waals surface area contributed by atoms with Crippen LogP contribution in [-0.4, -0.2) is 45.1 Å². The Morgan fingerprint density at radius 3 is 2.89 bits per heavy atom. The predicted molar refractivity (Wildman–Crippen MR) is 69.0 cm³/mol. The smallest absolute Gasteiger partial charge is 0.246 e. The zero-order valence-corrected chi connectivity index (χ0v) is 11.6. The highest BCUT2D eigenvalue weighted by Crippen LogP contribution is 2.23. The molecule has 0 bridgehead atoms. The van der Waals surface area contributed by atoms with Gasteiger partial charge in [-0.05, 0) is 18.2 Å². The highest BCUT2D eigenvalue weighted by molar-refractivity contribution is 7.89. The molecule has 1 heterocycles. The van der Waals surface area contributed by atoms with E-state index in [1.807, 2.05) is 0 Å². The van der Waals surface area contributed by atoms with Gasteiger partial charge >= 0.3 is 0 Å². The van der Waals surface area contributed by atoms with E-state index >= 15 is 0 Å². The van der Waals surface area contributed by atoms with Crippen LogP contribution in [0.5, 0.6) is 0 Å². The maximum absolute atomic E-state index is 13.7. The number of nitrogens with zero attached hydrogens (tertiary/aromatic N) is 1. The lowest BCUT2D eigenvalue weighted by molar-refractivity contribution is 0.00445. The van der Waals surface area contributed by atoms with Crippen molar-refractivity contribution < 1.29 is 17.5 Å². The van der Waals surface area contributed by atoms with E-state index in [2.05, 4.69) is 0 Å². The third-order valence-corrected chi connectivity index (χ3v) is 5.01. The third kappa shape index (κ3) is 3.06. The Bertz CT molecular complexity index is 567. The third-order valence-electron chi connectivity index (χ3n) is 2.88. The van der Waals surface area contributed by atoms with Crippen molar-refractivity contribution in [2.24, 2.45) is 5.73 Å². The molecule has 1 aromatic rings. The Morgan fingerprint density at radius 2 is 2.26 bits per heavy atom. The van der Waals surface area contributed by atoms with Crippen LogP contribution in [0, 0.1) is 5.82 Å². The number of rotatable bonds is 3. The van der Waals surface area contributed by atoms with Crippen LogP contribution in [-0.2, 0) is 14.8 Å². The minimum atomic E-state index is -3.89. The molecule has 2 rings (SSSR count). The molecule has 1 saturated heterocycles. The molecule has 1 aliphatic rings. The summed E-state index contributed by atoms with van der Waals surface area (Å²) in [5.41, 5.74) is 5.46. The first-order valence-electron chi connectivity index (χ1n) is 5.72. The largest absolute Gasteiger partial charge is 0.374 e. The van der Waals surface area contributed by atoms with Gasteiger partial charge in [-0.1, -0.05) is 11.6 Å². The average Bonchev–Trinajstić information content (AvgIpc) is 2.38. The standard InChI is InChI=1S/C11H14ClFN2O3S/c12-8-1-2-11(10(13)5-8)19(16,17)15-3-4-18-9(6-14)7-15/h1-2,5,9H,3-4,6-7,14H2. The number of morpholine rings is 1. The van der Waals surface area contributed by atoms with Crippen LogP contribution >= 0.6 is 11.6 Å². The fraction of sp³-hybridized carbons (Fsp3) is 0.455. The van der Waals surface area contributed by atoms with Gasteiger partial charge in [-0.2, -0.15) is 4.31 Å². The Labute approximate surface area is 116 Å². The second-order valence-electron chi connectivity index (χ2n) is 4.17. The fourth-order valence-electron chi connectivity index (χ4n) is 1.88. The van der Waals surface area contributed by atoms with E-state index in [4.69, 9.17) is 22.1 Å². The molecule has 1 unspecified atom stereocenters. The predicted octanol–water partition coefficient (Wildman–Crippen LogP) is 0.827.